The number of para-hydroxylation sites is 4. The van der Waals surface area contributed by atoms with Gasteiger partial charge in [0.1, 0.15) is 0 Å². The number of anilines is 4. The SMILES string of the molecule is Cc1cccc(C)c1Nc1ccccc1Nc1c(C)cccc1C. The molecule has 0 saturated heterocycles. The fraction of sp³-hybridized carbons (Fsp3) is 0.182. The highest BCUT2D eigenvalue weighted by Gasteiger charge is 2.08. The minimum absolute atomic E-state index is 1.08. The van der Waals surface area contributed by atoms with Crippen LogP contribution in [0.25, 0.3) is 0 Å². The molecule has 3 aromatic carbocycles. The summed E-state index contributed by atoms with van der Waals surface area (Å²) < 4.78 is 0. The molecular weight excluding hydrogens is 292 g/mol. The van der Waals surface area contributed by atoms with E-state index in [2.05, 4.69) is 99.0 Å². The second-order valence-corrected chi connectivity index (χ2v) is 6.33. The third kappa shape index (κ3) is 3.28. The molecule has 2 nitrogen and oxygen atoms in total. The third-order valence-electron chi connectivity index (χ3n) is 4.41. The minimum Gasteiger partial charge on any atom is -0.353 e. The number of aryl methyl sites for hydroxylation is 4. The Hall–Kier alpha value is -2.74. The lowest BCUT2D eigenvalue weighted by molar-refractivity contribution is 1.34. The molecule has 0 unspecified atom stereocenters. The van der Waals surface area contributed by atoms with E-state index >= 15 is 0 Å². The molecule has 0 saturated carbocycles. The first-order valence-electron chi connectivity index (χ1n) is 8.32. The molecule has 3 aromatic rings. The summed E-state index contributed by atoms with van der Waals surface area (Å²) in [7, 11) is 0. The lowest BCUT2D eigenvalue weighted by atomic mass is 10.1. The first-order valence-corrected chi connectivity index (χ1v) is 8.32. The quantitative estimate of drug-likeness (QED) is 0.581. The van der Waals surface area contributed by atoms with Crippen LogP contribution in [0.4, 0.5) is 22.7 Å². The van der Waals surface area contributed by atoms with E-state index in [9.17, 15) is 0 Å². The van der Waals surface area contributed by atoms with Crippen molar-refractivity contribution in [1.29, 1.82) is 0 Å². The molecule has 0 bridgehead atoms. The van der Waals surface area contributed by atoms with E-state index < -0.39 is 0 Å². The van der Waals surface area contributed by atoms with Crippen LogP contribution in [0.3, 0.4) is 0 Å². The lowest BCUT2D eigenvalue weighted by Gasteiger charge is -2.19. The lowest BCUT2D eigenvalue weighted by Crippen LogP contribution is -2.02. The molecule has 0 amide bonds. The molecule has 0 radical (unpaired) electrons. The van der Waals surface area contributed by atoms with Crippen molar-refractivity contribution >= 4 is 22.7 Å². The van der Waals surface area contributed by atoms with Crippen LogP contribution in [0.5, 0.6) is 0 Å². The van der Waals surface area contributed by atoms with Gasteiger partial charge in [-0.05, 0) is 62.1 Å². The summed E-state index contributed by atoms with van der Waals surface area (Å²) in [5, 5.41) is 7.21. The maximum Gasteiger partial charge on any atom is 0.0623 e. The summed E-state index contributed by atoms with van der Waals surface area (Å²) in [6.45, 7) is 8.54. The molecule has 0 spiro atoms. The van der Waals surface area contributed by atoms with Crippen molar-refractivity contribution in [3.8, 4) is 0 Å². The van der Waals surface area contributed by atoms with Crippen molar-refractivity contribution in [2.45, 2.75) is 27.7 Å². The molecule has 2 N–H and O–H groups in total. The number of rotatable bonds is 4. The van der Waals surface area contributed by atoms with Gasteiger partial charge in [-0.1, -0.05) is 48.5 Å². The second-order valence-electron chi connectivity index (χ2n) is 6.33. The molecule has 0 fully saturated rings. The first-order chi connectivity index (χ1) is 11.6. The van der Waals surface area contributed by atoms with E-state index in [0.717, 1.165) is 11.4 Å². The average Bonchev–Trinajstić information content (AvgIpc) is 2.56. The Morgan fingerprint density at radius 3 is 1.12 bits per heavy atom. The number of hydrogen-bond acceptors (Lipinski definition) is 2. The van der Waals surface area contributed by atoms with Crippen molar-refractivity contribution in [1.82, 2.24) is 0 Å². The predicted octanol–water partition coefficient (Wildman–Crippen LogP) is 6.41. The van der Waals surface area contributed by atoms with Gasteiger partial charge >= 0.3 is 0 Å². The van der Waals surface area contributed by atoms with Gasteiger partial charge in [-0.2, -0.15) is 0 Å². The molecular formula is C22H24N2. The van der Waals surface area contributed by atoms with E-state index in [-0.39, 0.29) is 0 Å². The second kappa shape index (κ2) is 6.79. The zero-order valence-corrected chi connectivity index (χ0v) is 14.8. The Morgan fingerprint density at radius 2 is 0.792 bits per heavy atom. The van der Waals surface area contributed by atoms with E-state index in [0.29, 0.717) is 0 Å². The van der Waals surface area contributed by atoms with Crippen LogP contribution in [0, 0.1) is 27.7 Å². The molecule has 0 aromatic heterocycles. The van der Waals surface area contributed by atoms with Crippen molar-refractivity contribution in [3.63, 3.8) is 0 Å². The molecule has 0 atom stereocenters. The highest BCUT2D eigenvalue weighted by molar-refractivity contribution is 5.81. The van der Waals surface area contributed by atoms with Gasteiger partial charge in [0.2, 0.25) is 0 Å². The molecule has 0 aliphatic heterocycles. The third-order valence-corrected chi connectivity index (χ3v) is 4.41. The fourth-order valence-corrected chi connectivity index (χ4v) is 2.99. The van der Waals surface area contributed by atoms with E-state index in [1.54, 1.807) is 0 Å². The average molecular weight is 316 g/mol. The van der Waals surface area contributed by atoms with Gasteiger partial charge in [0.05, 0.1) is 11.4 Å². The molecule has 0 aliphatic rings. The number of hydrogen-bond donors (Lipinski definition) is 2. The number of benzene rings is 3. The molecule has 2 heteroatoms. The normalized spacial score (nSPS) is 10.5. The van der Waals surface area contributed by atoms with Crippen molar-refractivity contribution in [3.05, 3.63) is 82.9 Å². The maximum absolute atomic E-state index is 3.61. The Bertz CT molecular complexity index is 753. The van der Waals surface area contributed by atoms with Crippen molar-refractivity contribution in [2.24, 2.45) is 0 Å². The van der Waals surface area contributed by atoms with Gasteiger partial charge in [-0.25, -0.2) is 0 Å². The highest BCUT2D eigenvalue weighted by atomic mass is 15.0. The largest absolute Gasteiger partial charge is 0.353 e. The topological polar surface area (TPSA) is 24.1 Å². The molecule has 122 valence electrons. The Labute approximate surface area is 144 Å². The summed E-state index contributed by atoms with van der Waals surface area (Å²) in [4.78, 5) is 0. The van der Waals surface area contributed by atoms with Gasteiger partial charge in [0.15, 0.2) is 0 Å². The fourth-order valence-electron chi connectivity index (χ4n) is 2.99. The van der Waals surface area contributed by atoms with Crippen LogP contribution in [-0.4, -0.2) is 0 Å². The highest BCUT2D eigenvalue weighted by Crippen LogP contribution is 2.32. The van der Waals surface area contributed by atoms with Crippen LogP contribution in [0.1, 0.15) is 22.3 Å². The summed E-state index contributed by atoms with van der Waals surface area (Å²) in [5.41, 5.74) is 9.50. The van der Waals surface area contributed by atoms with Crippen LogP contribution < -0.4 is 10.6 Å². The van der Waals surface area contributed by atoms with Gasteiger partial charge in [-0.3, -0.25) is 0 Å². The predicted molar refractivity (Wildman–Crippen MR) is 105 cm³/mol. The van der Waals surface area contributed by atoms with Gasteiger partial charge < -0.3 is 10.6 Å². The Morgan fingerprint density at radius 1 is 0.458 bits per heavy atom. The van der Waals surface area contributed by atoms with Crippen molar-refractivity contribution < 1.29 is 0 Å². The molecule has 3 rings (SSSR count). The van der Waals surface area contributed by atoms with E-state index in [1.807, 2.05) is 0 Å². The minimum atomic E-state index is 1.08. The molecule has 0 aliphatic carbocycles. The van der Waals surface area contributed by atoms with Crippen molar-refractivity contribution in [2.75, 3.05) is 10.6 Å². The van der Waals surface area contributed by atoms with E-state index in [1.165, 1.54) is 33.6 Å². The Kier molecular flexibility index (Phi) is 4.57. The number of nitrogens with one attached hydrogen (secondary N) is 2. The van der Waals surface area contributed by atoms with Crippen LogP contribution in [0.2, 0.25) is 0 Å². The van der Waals surface area contributed by atoms with Gasteiger partial charge in [0.25, 0.3) is 0 Å². The molecule has 24 heavy (non-hydrogen) atoms. The summed E-state index contributed by atoms with van der Waals surface area (Å²) >= 11 is 0. The zero-order chi connectivity index (χ0) is 17.1. The summed E-state index contributed by atoms with van der Waals surface area (Å²) in [6, 6.07) is 21.1. The van der Waals surface area contributed by atoms with Crippen LogP contribution >= 0.6 is 0 Å². The first kappa shape index (κ1) is 16.1. The van der Waals surface area contributed by atoms with Gasteiger partial charge in [0, 0.05) is 11.4 Å². The van der Waals surface area contributed by atoms with E-state index in [4.69, 9.17) is 0 Å². The molecule has 0 heterocycles. The van der Waals surface area contributed by atoms with Gasteiger partial charge in [-0.15, -0.1) is 0 Å². The van der Waals surface area contributed by atoms with Crippen LogP contribution in [0.15, 0.2) is 60.7 Å². The van der Waals surface area contributed by atoms with Crippen LogP contribution in [-0.2, 0) is 0 Å². The zero-order valence-electron chi connectivity index (χ0n) is 14.8. The monoisotopic (exact) mass is 316 g/mol. The standard InChI is InChI=1S/C22H24N2/c1-15-9-7-10-16(2)21(15)23-19-13-5-6-14-20(19)24-22-17(3)11-8-12-18(22)4/h5-14,23-24H,1-4H3. The smallest absolute Gasteiger partial charge is 0.0623 e. The summed E-state index contributed by atoms with van der Waals surface area (Å²) in [5.74, 6) is 0. The maximum atomic E-state index is 3.61. The summed E-state index contributed by atoms with van der Waals surface area (Å²) in [6.07, 6.45) is 0. The Balaban J connectivity index is 1.97.